The average Bonchev–Trinajstić information content (AvgIpc) is 1.15. The molecule has 11 rings (SSSR count). The number of aryl methyl sites for hydroxylation is 5. The fourth-order valence-electron chi connectivity index (χ4n) is 10.5. The zero-order valence-electron chi connectivity index (χ0n) is 48.3. The van der Waals surface area contributed by atoms with Crippen molar-refractivity contribution >= 4 is 67.5 Å². The minimum atomic E-state index is -1.62. The molecule has 16 nitrogen and oxygen atoms in total. The molecule has 1 saturated carbocycles. The first-order valence-corrected chi connectivity index (χ1v) is 27.4. The number of hydrogen-bond acceptors (Lipinski definition) is 8. The lowest BCUT2D eigenvalue weighted by Crippen LogP contribution is -2.20. The predicted molar refractivity (Wildman–Crippen MR) is 310 cm³/mol. The number of rotatable bonds is 11. The summed E-state index contributed by atoms with van der Waals surface area (Å²) in [6.45, 7) is 8.05. The summed E-state index contributed by atoms with van der Waals surface area (Å²) in [5, 5.41) is 35.5. The molecule has 4 N–H and O–H groups in total. The van der Waals surface area contributed by atoms with E-state index < -0.39 is 148 Å². The lowest BCUT2D eigenvalue weighted by molar-refractivity contribution is 0.0684. The Balaban J connectivity index is 0.000000159. The van der Waals surface area contributed by atoms with Crippen LogP contribution in [0.15, 0.2) is 105 Å². The Morgan fingerprint density at radius 2 is 0.739 bits per heavy atom. The largest absolute Gasteiger partial charge is 0.477 e. The van der Waals surface area contributed by atoms with Crippen molar-refractivity contribution in [2.75, 3.05) is 0 Å². The van der Waals surface area contributed by atoms with Gasteiger partial charge in [0.2, 0.25) is 21.7 Å². The Kier molecular flexibility index (Phi) is 19.2. The van der Waals surface area contributed by atoms with Gasteiger partial charge in [0, 0.05) is 82.5 Å². The Labute approximate surface area is 507 Å². The van der Waals surface area contributed by atoms with Crippen LogP contribution in [-0.2, 0) is 25.8 Å². The second-order valence-electron chi connectivity index (χ2n) is 20.5. The maximum atomic E-state index is 14.3. The van der Waals surface area contributed by atoms with Crippen LogP contribution in [0.2, 0.25) is 0 Å². The zero-order valence-corrected chi connectivity index (χ0v) is 48.3. The molecule has 92 heavy (non-hydrogen) atoms. The number of nitrogens with zero attached hydrogens (tertiary/aromatic N) is 4. The molecule has 10 aromatic rings. The zero-order chi connectivity index (χ0) is 68.0. The summed E-state index contributed by atoms with van der Waals surface area (Å²) in [7, 11) is 0. The standard InChI is InChI=1S/C18H11F4NO3.C17H9F4NO3.C15H13F2NO3.C14H13F2NO3/c1-2-9-15(22)13(21)6-10-16(9)23(7-11(17(10)24)18(25)26)14-4-3-8(19)5-12(14)20;1-7-14(21)12(20)5-9-15(7)22(6-10(16(9)23)17(24)25)13-3-2-8(18)4-11(13)19;1-2-8-12(17)11(16)5-9-13(8)18(7-3-4-7)6-10(14(9)19)15(20)21;1-3-7-11(16)10(15)5-8-12(7)17(4-2)6-9(13(8)18)14(19)20/h3-7H,2H2,1H3,(H,25,26);2-6H,1H3,(H,24,25);5-7H,2-4H2,1H3,(H,20,21);5-6H,3-4H2,1-2H3,(H,19,20). The average molecular weight is 1290 g/mol. The first-order valence-electron chi connectivity index (χ1n) is 27.4. The summed E-state index contributed by atoms with van der Waals surface area (Å²) in [6, 6.07) is 7.72. The maximum absolute atomic E-state index is 14.3. The highest BCUT2D eigenvalue weighted by Crippen LogP contribution is 2.39. The van der Waals surface area contributed by atoms with Crippen molar-refractivity contribution in [1.82, 2.24) is 18.3 Å². The third-order valence-electron chi connectivity index (χ3n) is 14.9. The molecule has 1 aliphatic rings. The van der Waals surface area contributed by atoms with Crippen LogP contribution in [0, 0.1) is 76.7 Å². The van der Waals surface area contributed by atoms with Crippen LogP contribution in [0.1, 0.15) is 110 Å². The smallest absolute Gasteiger partial charge is 0.341 e. The molecule has 1 fully saturated rings. The number of carboxylic acid groups (broad SMARTS) is 4. The van der Waals surface area contributed by atoms with Crippen LogP contribution < -0.4 is 21.7 Å². The van der Waals surface area contributed by atoms with E-state index in [1.807, 2.05) is 0 Å². The van der Waals surface area contributed by atoms with Gasteiger partial charge in [-0.25, -0.2) is 71.9 Å². The number of aromatic carboxylic acids is 4. The number of fused-ring (bicyclic) bond motifs is 4. The van der Waals surface area contributed by atoms with E-state index in [0.717, 1.165) is 70.8 Å². The molecular weight excluding hydrogens is 1240 g/mol. The Morgan fingerprint density at radius 3 is 1.11 bits per heavy atom. The number of hydrogen-bond donors (Lipinski definition) is 4. The summed E-state index contributed by atoms with van der Waals surface area (Å²) in [5.74, 6) is -19.2. The second kappa shape index (κ2) is 26.3. The van der Waals surface area contributed by atoms with E-state index in [1.165, 1.54) is 30.8 Å². The van der Waals surface area contributed by atoms with E-state index in [9.17, 15) is 96.1 Å². The van der Waals surface area contributed by atoms with Crippen molar-refractivity contribution < 1.29 is 92.3 Å². The molecule has 0 unspecified atom stereocenters. The molecule has 4 aromatic heterocycles. The van der Waals surface area contributed by atoms with Gasteiger partial charge >= 0.3 is 23.9 Å². The molecule has 0 radical (unpaired) electrons. The van der Waals surface area contributed by atoms with Gasteiger partial charge in [0.05, 0.1) is 44.2 Å². The highest BCUT2D eigenvalue weighted by molar-refractivity contribution is 5.97. The van der Waals surface area contributed by atoms with E-state index in [4.69, 9.17) is 15.3 Å². The normalized spacial score (nSPS) is 11.9. The monoisotopic (exact) mass is 1290 g/mol. The topological polar surface area (TPSA) is 237 Å². The fourth-order valence-corrected chi connectivity index (χ4v) is 10.5. The van der Waals surface area contributed by atoms with Gasteiger partial charge in [-0.3, -0.25) is 19.2 Å². The molecule has 0 saturated heterocycles. The van der Waals surface area contributed by atoms with Crippen LogP contribution in [0.3, 0.4) is 0 Å². The van der Waals surface area contributed by atoms with Gasteiger partial charge in [0.1, 0.15) is 45.5 Å². The molecule has 1 aliphatic carbocycles. The van der Waals surface area contributed by atoms with Gasteiger partial charge in [-0.1, -0.05) is 20.8 Å². The lowest BCUT2D eigenvalue weighted by Gasteiger charge is -2.17. The predicted octanol–water partition coefficient (Wildman–Crippen LogP) is 12.8. The summed E-state index contributed by atoms with van der Waals surface area (Å²) < 4.78 is 170. The number of carbonyl (C=O) groups is 4. The van der Waals surface area contributed by atoms with Crippen molar-refractivity contribution in [3.8, 4) is 11.4 Å². The SMILES string of the molecule is CCc1c(F)c(F)cc2c(=O)c(C(=O)O)cn(-c3ccc(F)cc3F)c12.CCc1c(F)c(F)cc2c(=O)c(C(=O)O)cn(C3CC3)c12.CCc1c(F)c(F)cc2c(=O)c(C(=O)O)cn(CC)c12.Cc1c(F)c(F)cc2c(=O)c(C(=O)O)cn(-c3ccc(F)cc3F)c12. The summed E-state index contributed by atoms with van der Waals surface area (Å²) >= 11 is 0. The van der Waals surface area contributed by atoms with E-state index in [2.05, 4.69) is 0 Å². The van der Waals surface area contributed by atoms with Crippen LogP contribution in [-0.4, -0.2) is 62.6 Å². The van der Waals surface area contributed by atoms with Gasteiger partial charge in [-0.15, -0.1) is 0 Å². The van der Waals surface area contributed by atoms with Crippen LogP contribution >= 0.6 is 0 Å². The van der Waals surface area contributed by atoms with Crippen molar-refractivity contribution in [2.24, 2.45) is 0 Å². The first kappa shape index (κ1) is 67.1. The molecule has 0 atom stereocenters. The van der Waals surface area contributed by atoms with Crippen molar-refractivity contribution in [3.05, 3.63) is 241 Å². The minimum absolute atomic E-state index is 0.0429. The van der Waals surface area contributed by atoms with E-state index >= 15 is 0 Å². The number of aromatic nitrogens is 4. The third kappa shape index (κ3) is 12.3. The highest BCUT2D eigenvalue weighted by Gasteiger charge is 2.30. The van der Waals surface area contributed by atoms with Crippen LogP contribution in [0.5, 0.6) is 0 Å². The molecule has 28 heteroatoms. The quantitative estimate of drug-likeness (QED) is 0.0885. The van der Waals surface area contributed by atoms with E-state index in [-0.39, 0.29) is 86.3 Å². The summed E-state index contributed by atoms with van der Waals surface area (Å²) in [4.78, 5) is 93.9. The molecule has 6 aromatic carbocycles. The molecule has 0 spiro atoms. The highest BCUT2D eigenvalue weighted by atomic mass is 19.2. The van der Waals surface area contributed by atoms with E-state index in [0.29, 0.717) is 36.3 Å². The molecule has 0 amide bonds. The van der Waals surface area contributed by atoms with Crippen molar-refractivity contribution in [3.63, 3.8) is 0 Å². The molecular formula is C64H46F12N4O12. The Bertz CT molecular complexity index is 5060. The lowest BCUT2D eigenvalue weighted by atomic mass is 10.0. The minimum Gasteiger partial charge on any atom is -0.477 e. The van der Waals surface area contributed by atoms with Crippen molar-refractivity contribution in [1.29, 1.82) is 0 Å². The van der Waals surface area contributed by atoms with Gasteiger partial charge in [0.15, 0.2) is 46.5 Å². The maximum Gasteiger partial charge on any atom is 0.341 e. The number of pyridine rings is 4. The number of carboxylic acids is 4. The van der Waals surface area contributed by atoms with Crippen LogP contribution in [0.4, 0.5) is 52.7 Å². The first-order chi connectivity index (χ1) is 43.3. The van der Waals surface area contributed by atoms with E-state index in [1.54, 1.807) is 25.3 Å². The Morgan fingerprint density at radius 1 is 0.413 bits per heavy atom. The van der Waals surface area contributed by atoms with Gasteiger partial charge in [0.25, 0.3) is 0 Å². The summed E-state index contributed by atoms with van der Waals surface area (Å²) in [6.07, 6.45) is 6.08. The Hall–Kier alpha value is -10.8. The van der Waals surface area contributed by atoms with Gasteiger partial charge < -0.3 is 38.7 Å². The second-order valence-corrected chi connectivity index (χ2v) is 20.5. The molecule has 478 valence electrons. The summed E-state index contributed by atoms with van der Waals surface area (Å²) in [5.41, 5.74) is -6.80. The molecule has 4 heterocycles. The van der Waals surface area contributed by atoms with Gasteiger partial charge in [-0.05, 0) is 94.5 Å². The fraction of sp³-hybridized carbons (Fsp3) is 0.188. The van der Waals surface area contributed by atoms with Gasteiger partial charge in [-0.2, -0.15) is 0 Å². The third-order valence-corrected chi connectivity index (χ3v) is 14.9. The number of benzene rings is 6. The molecule has 0 aliphatic heterocycles. The molecule has 0 bridgehead atoms. The van der Waals surface area contributed by atoms with Crippen LogP contribution in [0.25, 0.3) is 55.0 Å². The van der Waals surface area contributed by atoms with Crippen molar-refractivity contribution in [2.45, 2.75) is 79.3 Å². The number of halogens is 12.